The molecule has 1 aliphatic carbocycles. The number of fused-ring (bicyclic) bond motifs is 1. The number of hydrogen-bond donors (Lipinski definition) is 0. The predicted molar refractivity (Wildman–Crippen MR) is 96.7 cm³/mol. The number of likely N-dealkylation sites (tertiary alicyclic amines) is 1. The Morgan fingerprint density at radius 2 is 2.00 bits per heavy atom. The van der Waals surface area contributed by atoms with Crippen LogP contribution in [0, 0.1) is 5.92 Å². The van der Waals surface area contributed by atoms with Crippen LogP contribution in [-0.2, 0) is 17.4 Å². The zero-order valence-electron chi connectivity index (χ0n) is 15.9. The Labute approximate surface area is 161 Å². The molecular formula is C20H24F3N3O2. The number of aryl methyl sites for hydroxylation is 1. The molecule has 1 atom stereocenters. The van der Waals surface area contributed by atoms with Gasteiger partial charge in [-0.25, -0.2) is 4.98 Å². The lowest BCUT2D eigenvalue weighted by Gasteiger charge is -2.33. The fourth-order valence-electron chi connectivity index (χ4n) is 4.54. The van der Waals surface area contributed by atoms with Gasteiger partial charge in [-0.1, -0.05) is 24.9 Å². The summed E-state index contributed by atoms with van der Waals surface area (Å²) < 4.78 is 46.3. The summed E-state index contributed by atoms with van der Waals surface area (Å²) in [5.74, 6) is -0.0690. The molecule has 1 aliphatic heterocycles. The molecular weight excluding hydrogens is 371 g/mol. The zero-order valence-corrected chi connectivity index (χ0v) is 15.9. The molecule has 3 heterocycles. The lowest BCUT2D eigenvalue weighted by Crippen LogP contribution is -2.42. The summed E-state index contributed by atoms with van der Waals surface area (Å²) in [6, 6.07) is 1.09. The molecule has 0 aromatic carbocycles. The first-order valence-corrected chi connectivity index (χ1v) is 10.0. The Kier molecular flexibility index (Phi) is 5.05. The predicted octanol–water partition coefficient (Wildman–Crippen LogP) is 4.70. The first kappa shape index (κ1) is 19.2. The van der Waals surface area contributed by atoms with Crippen molar-refractivity contribution in [2.75, 3.05) is 13.1 Å². The van der Waals surface area contributed by atoms with Gasteiger partial charge in [0, 0.05) is 30.6 Å². The van der Waals surface area contributed by atoms with Crippen LogP contribution in [0.4, 0.5) is 13.2 Å². The quantitative estimate of drug-likeness (QED) is 0.756. The van der Waals surface area contributed by atoms with Gasteiger partial charge in [0.25, 0.3) is 5.71 Å². The molecule has 2 aliphatic rings. The van der Waals surface area contributed by atoms with Crippen molar-refractivity contribution >= 4 is 17.0 Å². The van der Waals surface area contributed by atoms with Crippen molar-refractivity contribution in [3.05, 3.63) is 23.0 Å². The second kappa shape index (κ2) is 7.37. The summed E-state index contributed by atoms with van der Waals surface area (Å²) in [6.45, 7) is 2.80. The number of hydrogen-bond acceptors (Lipinski definition) is 4. The Balaban J connectivity index is 1.67. The summed E-state index contributed by atoms with van der Waals surface area (Å²) in [4.78, 5) is 18.8. The van der Waals surface area contributed by atoms with Crippen molar-refractivity contribution in [3.63, 3.8) is 0 Å². The number of aromatic nitrogens is 2. The number of halogens is 3. The van der Waals surface area contributed by atoms with Gasteiger partial charge in [0.2, 0.25) is 5.91 Å². The van der Waals surface area contributed by atoms with Gasteiger partial charge in [-0.3, -0.25) is 4.79 Å². The number of pyridine rings is 1. The van der Waals surface area contributed by atoms with Crippen molar-refractivity contribution in [2.24, 2.45) is 5.92 Å². The SMILES string of the molecule is CCc1cc(C(F)(F)F)c2c(C3CCCN(C(=O)C4CCCC4)C3)noc2n1. The topological polar surface area (TPSA) is 59.2 Å². The number of amides is 1. The Morgan fingerprint density at radius 1 is 1.25 bits per heavy atom. The number of alkyl halides is 3. The van der Waals surface area contributed by atoms with Crippen LogP contribution in [0.5, 0.6) is 0 Å². The number of nitrogens with zero attached hydrogens (tertiary/aromatic N) is 3. The summed E-state index contributed by atoms with van der Waals surface area (Å²) >= 11 is 0. The van der Waals surface area contributed by atoms with Crippen molar-refractivity contribution in [2.45, 2.75) is 64.0 Å². The van der Waals surface area contributed by atoms with Crippen molar-refractivity contribution in [1.29, 1.82) is 0 Å². The second-order valence-corrected chi connectivity index (χ2v) is 7.87. The van der Waals surface area contributed by atoms with Crippen LogP contribution in [0.1, 0.15) is 68.3 Å². The van der Waals surface area contributed by atoms with E-state index in [-0.39, 0.29) is 34.5 Å². The van der Waals surface area contributed by atoms with Gasteiger partial charge in [0.1, 0.15) is 0 Å². The van der Waals surface area contributed by atoms with Crippen molar-refractivity contribution in [1.82, 2.24) is 15.0 Å². The number of carbonyl (C=O) groups is 1. The van der Waals surface area contributed by atoms with Crippen LogP contribution >= 0.6 is 0 Å². The molecule has 0 radical (unpaired) electrons. The molecule has 1 saturated heterocycles. The zero-order chi connectivity index (χ0) is 19.9. The molecule has 0 bridgehead atoms. The lowest BCUT2D eigenvalue weighted by atomic mass is 9.91. The minimum absolute atomic E-state index is 0.0511. The number of carbonyl (C=O) groups excluding carboxylic acids is 1. The monoisotopic (exact) mass is 395 g/mol. The van der Waals surface area contributed by atoms with E-state index in [2.05, 4.69) is 10.1 Å². The Morgan fingerprint density at radius 3 is 2.68 bits per heavy atom. The summed E-state index contributed by atoms with van der Waals surface area (Å²) in [7, 11) is 0. The highest BCUT2D eigenvalue weighted by atomic mass is 19.4. The largest absolute Gasteiger partial charge is 0.417 e. The molecule has 8 heteroatoms. The fourth-order valence-corrected chi connectivity index (χ4v) is 4.54. The molecule has 1 unspecified atom stereocenters. The molecule has 5 nitrogen and oxygen atoms in total. The average Bonchev–Trinajstić information content (AvgIpc) is 3.35. The minimum atomic E-state index is -4.51. The molecule has 4 rings (SSSR count). The highest BCUT2D eigenvalue weighted by Crippen LogP contribution is 2.40. The van der Waals surface area contributed by atoms with Crippen LogP contribution in [0.3, 0.4) is 0 Å². The molecule has 152 valence electrons. The first-order valence-electron chi connectivity index (χ1n) is 10.0. The average molecular weight is 395 g/mol. The summed E-state index contributed by atoms with van der Waals surface area (Å²) in [6.07, 6.45) is 1.26. The second-order valence-electron chi connectivity index (χ2n) is 7.87. The van der Waals surface area contributed by atoms with E-state index < -0.39 is 11.7 Å². The third-order valence-electron chi connectivity index (χ3n) is 6.02. The molecule has 2 aromatic heterocycles. The third kappa shape index (κ3) is 3.49. The molecule has 0 spiro atoms. The highest BCUT2D eigenvalue weighted by molar-refractivity contribution is 5.82. The van der Waals surface area contributed by atoms with Gasteiger partial charge in [-0.2, -0.15) is 13.2 Å². The van der Waals surface area contributed by atoms with E-state index in [0.717, 1.165) is 38.2 Å². The van der Waals surface area contributed by atoms with Gasteiger partial charge in [0.15, 0.2) is 0 Å². The molecule has 2 fully saturated rings. The fraction of sp³-hybridized carbons (Fsp3) is 0.650. The summed E-state index contributed by atoms with van der Waals surface area (Å²) in [5.41, 5.74) is -0.212. The van der Waals surface area contributed by atoms with Crippen LogP contribution < -0.4 is 0 Å². The third-order valence-corrected chi connectivity index (χ3v) is 6.02. The molecule has 0 N–H and O–H groups in total. The lowest BCUT2D eigenvalue weighted by molar-refractivity contribution is -0.137. The van der Waals surface area contributed by atoms with Crippen molar-refractivity contribution < 1.29 is 22.5 Å². The van der Waals surface area contributed by atoms with E-state index in [9.17, 15) is 18.0 Å². The van der Waals surface area contributed by atoms with Gasteiger partial charge in [-0.15, -0.1) is 0 Å². The van der Waals surface area contributed by atoms with E-state index >= 15 is 0 Å². The molecule has 2 aromatic rings. The standard InChI is InChI=1S/C20H24F3N3O2/c1-2-14-10-15(20(21,22)23)16-17(25-28-18(16)24-14)13-8-5-9-26(11-13)19(27)12-6-3-4-7-12/h10,12-13H,2-9,11H2,1H3. The van der Waals surface area contributed by atoms with Gasteiger partial charge in [-0.05, 0) is 38.2 Å². The minimum Gasteiger partial charge on any atom is -0.342 e. The Hall–Kier alpha value is -2.12. The molecule has 1 saturated carbocycles. The maximum atomic E-state index is 13.7. The van der Waals surface area contributed by atoms with E-state index in [1.165, 1.54) is 0 Å². The summed E-state index contributed by atoms with van der Waals surface area (Å²) in [5, 5.41) is 3.93. The van der Waals surface area contributed by atoms with Crippen molar-refractivity contribution in [3.8, 4) is 0 Å². The smallest absolute Gasteiger partial charge is 0.342 e. The van der Waals surface area contributed by atoms with Crippen LogP contribution in [0.15, 0.2) is 10.6 Å². The van der Waals surface area contributed by atoms with Gasteiger partial charge >= 0.3 is 6.18 Å². The van der Waals surface area contributed by atoms with Crippen LogP contribution in [0.2, 0.25) is 0 Å². The number of rotatable bonds is 3. The highest BCUT2D eigenvalue weighted by Gasteiger charge is 2.39. The maximum absolute atomic E-state index is 13.7. The van der Waals surface area contributed by atoms with E-state index in [0.29, 0.717) is 31.6 Å². The van der Waals surface area contributed by atoms with Gasteiger partial charge < -0.3 is 9.42 Å². The maximum Gasteiger partial charge on any atom is 0.417 e. The normalized spacial score (nSPS) is 21.6. The van der Waals surface area contributed by atoms with E-state index in [1.54, 1.807) is 6.92 Å². The molecule has 28 heavy (non-hydrogen) atoms. The first-order chi connectivity index (χ1) is 13.4. The van der Waals surface area contributed by atoms with Gasteiger partial charge in [0.05, 0.1) is 16.6 Å². The van der Waals surface area contributed by atoms with E-state index in [4.69, 9.17) is 4.52 Å². The van der Waals surface area contributed by atoms with E-state index in [1.807, 2.05) is 4.90 Å². The number of piperidine rings is 1. The van der Waals surface area contributed by atoms with Crippen LogP contribution in [-0.4, -0.2) is 34.0 Å². The van der Waals surface area contributed by atoms with Crippen LogP contribution in [0.25, 0.3) is 11.1 Å². The Bertz CT molecular complexity index is 871. The molecule has 1 amide bonds.